The molecule has 1 fully saturated rings. The van der Waals surface area contributed by atoms with Crippen molar-refractivity contribution < 1.29 is 24.1 Å². The van der Waals surface area contributed by atoms with E-state index in [2.05, 4.69) is 35.4 Å². The first kappa shape index (κ1) is 26.2. The number of rotatable bonds is 7. The topological polar surface area (TPSA) is 137 Å². The summed E-state index contributed by atoms with van der Waals surface area (Å²) >= 11 is 0. The summed E-state index contributed by atoms with van der Waals surface area (Å²) in [5.74, 6) is 1.15. The molecule has 1 aliphatic rings. The first-order valence-corrected chi connectivity index (χ1v) is 13.2. The van der Waals surface area contributed by atoms with E-state index in [1.165, 1.54) is 18.2 Å². The number of carbonyl (C=O) groups is 1. The second-order valence-electron chi connectivity index (χ2n) is 9.74. The van der Waals surface area contributed by atoms with Gasteiger partial charge in [-0.3, -0.25) is 4.79 Å². The van der Waals surface area contributed by atoms with Crippen LogP contribution in [-0.4, -0.2) is 50.6 Å². The molecule has 1 aliphatic heterocycles. The molecule has 4 rings (SSSR count). The zero-order valence-corrected chi connectivity index (χ0v) is 22.3. The van der Waals surface area contributed by atoms with Crippen molar-refractivity contribution in [3.8, 4) is 22.8 Å². The predicted molar refractivity (Wildman–Crippen MR) is 143 cm³/mol. The molecule has 1 aromatic carbocycles. The van der Waals surface area contributed by atoms with E-state index in [0.717, 1.165) is 12.0 Å². The summed E-state index contributed by atoms with van der Waals surface area (Å²) in [5.41, 5.74) is 6.78. The fourth-order valence-corrected chi connectivity index (χ4v) is 5.66. The van der Waals surface area contributed by atoms with Gasteiger partial charge in [0.2, 0.25) is 0 Å². The van der Waals surface area contributed by atoms with Crippen LogP contribution in [0, 0.1) is 5.92 Å². The fraction of sp³-hybridized carbons (Fsp3) is 0.346. The number of ether oxygens (including phenoxy) is 2. The Morgan fingerprint density at radius 3 is 2.35 bits per heavy atom. The normalized spacial score (nSPS) is 16.9. The van der Waals surface area contributed by atoms with E-state index in [0.29, 0.717) is 35.5 Å². The molecule has 1 saturated heterocycles. The molecular formula is C26H33N5O5S. The van der Waals surface area contributed by atoms with Crippen molar-refractivity contribution in [3.05, 3.63) is 54.1 Å². The Morgan fingerprint density at radius 1 is 1.11 bits per heavy atom. The highest BCUT2D eigenvalue weighted by molar-refractivity contribution is 7.90. The standard InChI is InChI=1S/C26H31N5O5S.H2/c1-16-14-26(2,3)31(15-16)24-20(25(32)30-37(33,34)23-8-6-7-22(27)29-23)9-10-21(28-24)17-11-18(35-4)13-19(12-17)36-5;/h6-13,16H,14-15H2,1-5H3,(H2,27,29)(H,30,32);1H/t16-;/m0./s1. The van der Waals surface area contributed by atoms with Crippen LogP contribution >= 0.6 is 0 Å². The smallest absolute Gasteiger partial charge is 0.281 e. The summed E-state index contributed by atoms with van der Waals surface area (Å²) in [6, 6.07) is 12.9. The summed E-state index contributed by atoms with van der Waals surface area (Å²) in [5, 5.41) is -0.342. The van der Waals surface area contributed by atoms with Crippen molar-refractivity contribution >= 4 is 27.6 Å². The van der Waals surface area contributed by atoms with E-state index in [4.69, 9.17) is 20.2 Å². The van der Waals surface area contributed by atoms with Crippen LogP contribution in [0.25, 0.3) is 11.3 Å². The Balaban J connectivity index is 0.00000400. The highest BCUT2D eigenvalue weighted by atomic mass is 32.2. The van der Waals surface area contributed by atoms with Gasteiger partial charge in [-0.25, -0.2) is 14.7 Å². The number of nitrogen functional groups attached to an aromatic ring is 1. The lowest BCUT2D eigenvalue weighted by molar-refractivity contribution is 0.0981. The molecule has 3 N–H and O–H groups in total. The van der Waals surface area contributed by atoms with Crippen LogP contribution in [0.2, 0.25) is 0 Å². The molecule has 1 amide bonds. The minimum Gasteiger partial charge on any atom is -0.497 e. The summed E-state index contributed by atoms with van der Waals surface area (Å²) in [7, 11) is -1.13. The fourth-order valence-electron chi connectivity index (χ4n) is 4.72. The Kier molecular flexibility index (Phi) is 7.00. The number of sulfonamides is 1. The molecule has 0 unspecified atom stereocenters. The molecule has 10 nitrogen and oxygen atoms in total. The summed E-state index contributed by atoms with van der Waals surface area (Å²) in [4.78, 5) is 24.1. The van der Waals surface area contributed by atoms with Crippen LogP contribution in [0.3, 0.4) is 0 Å². The van der Waals surface area contributed by atoms with Gasteiger partial charge in [0.1, 0.15) is 23.1 Å². The quantitative estimate of drug-likeness (QED) is 0.471. The van der Waals surface area contributed by atoms with Crippen molar-refractivity contribution in [1.29, 1.82) is 0 Å². The number of nitrogens with one attached hydrogen (secondary N) is 1. The Morgan fingerprint density at radius 2 is 1.78 bits per heavy atom. The minimum atomic E-state index is -4.26. The molecule has 0 aliphatic carbocycles. The molecule has 0 saturated carbocycles. The second kappa shape index (κ2) is 9.89. The summed E-state index contributed by atoms with van der Waals surface area (Å²) in [6.07, 6.45) is 0.887. The predicted octanol–water partition coefficient (Wildman–Crippen LogP) is 3.73. The number of anilines is 2. The van der Waals surface area contributed by atoms with Gasteiger partial charge in [0.25, 0.3) is 15.9 Å². The third kappa shape index (κ3) is 5.46. The van der Waals surface area contributed by atoms with Gasteiger partial charge >= 0.3 is 0 Å². The second-order valence-corrected chi connectivity index (χ2v) is 11.4. The monoisotopic (exact) mass is 527 g/mol. The molecule has 198 valence electrons. The lowest BCUT2D eigenvalue weighted by atomic mass is 9.97. The first-order chi connectivity index (χ1) is 17.4. The Labute approximate surface area is 218 Å². The Bertz CT molecular complexity index is 1430. The number of nitrogens with zero attached hydrogens (tertiary/aromatic N) is 3. The molecule has 3 heterocycles. The van der Waals surface area contributed by atoms with Gasteiger partial charge in [0, 0.05) is 25.1 Å². The van der Waals surface area contributed by atoms with E-state index in [9.17, 15) is 13.2 Å². The maximum Gasteiger partial charge on any atom is 0.281 e. The third-order valence-corrected chi connectivity index (χ3v) is 7.58. The van der Waals surface area contributed by atoms with Crippen molar-refractivity contribution in [2.45, 2.75) is 37.8 Å². The van der Waals surface area contributed by atoms with Crippen molar-refractivity contribution in [2.24, 2.45) is 5.92 Å². The van der Waals surface area contributed by atoms with Gasteiger partial charge in [-0.1, -0.05) is 13.0 Å². The van der Waals surface area contributed by atoms with Gasteiger partial charge in [0.05, 0.1) is 25.5 Å². The molecule has 0 spiro atoms. The maximum absolute atomic E-state index is 13.4. The van der Waals surface area contributed by atoms with Crippen LogP contribution < -0.4 is 24.8 Å². The van der Waals surface area contributed by atoms with Gasteiger partial charge in [0.15, 0.2) is 5.03 Å². The van der Waals surface area contributed by atoms with Crippen LogP contribution in [-0.2, 0) is 10.0 Å². The number of carbonyl (C=O) groups excluding carboxylic acids is 1. The van der Waals surface area contributed by atoms with E-state index in [1.54, 1.807) is 32.4 Å². The van der Waals surface area contributed by atoms with Crippen molar-refractivity contribution in [3.63, 3.8) is 0 Å². The summed E-state index contributed by atoms with van der Waals surface area (Å²) in [6.45, 7) is 6.95. The minimum absolute atomic E-state index is 0. The van der Waals surface area contributed by atoms with E-state index in [1.807, 2.05) is 12.1 Å². The molecule has 1 atom stereocenters. The number of pyridine rings is 2. The molecule has 3 aromatic rings. The number of nitrogens with two attached hydrogens (primary N) is 1. The first-order valence-electron chi connectivity index (χ1n) is 11.8. The van der Waals surface area contributed by atoms with Crippen molar-refractivity contribution in [1.82, 2.24) is 14.7 Å². The lowest BCUT2D eigenvalue weighted by Gasteiger charge is -2.34. The van der Waals surface area contributed by atoms with E-state index < -0.39 is 15.9 Å². The number of aromatic nitrogens is 2. The molecule has 0 radical (unpaired) electrons. The molecule has 2 aromatic heterocycles. The zero-order valence-electron chi connectivity index (χ0n) is 21.5. The number of benzene rings is 1. The highest BCUT2D eigenvalue weighted by Crippen LogP contribution is 2.39. The number of hydrogen-bond acceptors (Lipinski definition) is 9. The number of hydrogen-bond donors (Lipinski definition) is 2. The van der Waals surface area contributed by atoms with E-state index in [-0.39, 0.29) is 23.4 Å². The van der Waals surface area contributed by atoms with Crippen LogP contribution in [0.4, 0.5) is 11.6 Å². The molecule has 0 bridgehead atoms. The molecule has 37 heavy (non-hydrogen) atoms. The largest absolute Gasteiger partial charge is 0.497 e. The van der Waals surface area contributed by atoms with Gasteiger partial charge in [-0.2, -0.15) is 8.42 Å². The van der Waals surface area contributed by atoms with Crippen LogP contribution in [0.1, 0.15) is 39.0 Å². The van der Waals surface area contributed by atoms with Gasteiger partial charge < -0.3 is 20.1 Å². The molecular weight excluding hydrogens is 494 g/mol. The third-order valence-electron chi connectivity index (χ3n) is 6.34. The Hall–Kier alpha value is -3.86. The van der Waals surface area contributed by atoms with Crippen LogP contribution in [0.15, 0.2) is 53.6 Å². The van der Waals surface area contributed by atoms with E-state index >= 15 is 0 Å². The molecule has 11 heteroatoms. The van der Waals surface area contributed by atoms with Gasteiger partial charge in [-0.15, -0.1) is 0 Å². The highest BCUT2D eigenvalue weighted by Gasteiger charge is 2.39. The lowest BCUT2D eigenvalue weighted by Crippen LogP contribution is -2.41. The van der Waals surface area contributed by atoms with Crippen molar-refractivity contribution in [2.75, 3.05) is 31.4 Å². The van der Waals surface area contributed by atoms with Crippen LogP contribution in [0.5, 0.6) is 11.5 Å². The maximum atomic E-state index is 13.4. The summed E-state index contributed by atoms with van der Waals surface area (Å²) < 4.78 is 38.7. The van der Waals surface area contributed by atoms with Gasteiger partial charge in [-0.05, 0) is 62.6 Å². The zero-order chi connectivity index (χ0) is 27.0. The average Bonchev–Trinajstić information content (AvgIpc) is 3.14. The average molecular weight is 528 g/mol. The number of amides is 1. The number of methoxy groups -OCH3 is 2. The SMILES string of the molecule is COc1cc(OC)cc(-c2ccc(C(=O)NS(=O)(=O)c3cccc(N)n3)c(N3C[C@@H](C)CC3(C)C)n2)c1.[HH].